The summed E-state index contributed by atoms with van der Waals surface area (Å²) in [7, 11) is 0. The Hall–Kier alpha value is -1.04. The highest BCUT2D eigenvalue weighted by atomic mass is 19.3. The Balaban J connectivity index is 2.13. The topological polar surface area (TPSA) is 46.6 Å². The van der Waals surface area contributed by atoms with Gasteiger partial charge in [-0.25, -0.2) is 8.78 Å². The Morgan fingerprint density at radius 3 is 2.64 bits per heavy atom. The van der Waals surface area contributed by atoms with Crippen molar-refractivity contribution in [3.05, 3.63) is 0 Å². The average Bonchev–Trinajstić information content (AvgIpc) is 2.43. The number of carbonyl (C=O) groups is 2. The molecule has 0 aromatic carbocycles. The van der Waals surface area contributed by atoms with Crippen LogP contribution in [0.5, 0.6) is 0 Å². The second-order valence-electron chi connectivity index (χ2n) is 2.93. The first-order valence-electron chi connectivity index (χ1n) is 4.29. The lowest BCUT2D eigenvalue weighted by Gasteiger charge is -2.13. The molecule has 1 saturated heterocycles. The molecule has 1 fully saturated rings. The number of likely N-dealkylation sites (tertiary alicyclic amines) is 1. The quantitative estimate of drug-likeness (QED) is 0.473. The SMILES string of the molecule is O=C1CCN(CCOCC(F)F)C1=O. The van der Waals surface area contributed by atoms with E-state index in [9.17, 15) is 18.4 Å². The minimum Gasteiger partial charge on any atom is -0.374 e. The van der Waals surface area contributed by atoms with E-state index in [4.69, 9.17) is 0 Å². The number of halogens is 2. The van der Waals surface area contributed by atoms with E-state index in [0.717, 1.165) is 0 Å². The van der Waals surface area contributed by atoms with E-state index in [0.29, 0.717) is 6.54 Å². The minimum absolute atomic E-state index is 0.0450. The summed E-state index contributed by atoms with van der Waals surface area (Å²) in [5, 5.41) is 0. The van der Waals surface area contributed by atoms with Gasteiger partial charge < -0.3 is 9.64 Å². The Kier molecular flexibility index (Phi) is 3.94. The van der Waals surface area contributed by atoms with Gasteiger partial charge in [-0.05, 0) is 0 Å². The monoisotopic (exact) mass is 207 g/mol. The molecule has 0 bridgehead atoms. The van der Waals surface area contributed by atoms with Gasteiger partial charge >= 0.3 is 0 Å². The Morgan fingerprint density at radius 1 is 1.43 bits per heavy atom. The van der Waals surface area contributed by atoms with Gasteiger partial charge in [0.1, 0.15) is 6.61 Å². The van der Waals surface area contributed by atoms with E-state index in [1.165, 1.54) is 4.90 Å². The summed E-state index contributed by atoms with van der Waals surface area (Å²) < 4.78 is 27.8. The number of rotatable bonds is 5. The van der Waals surface area contributed by atoms with Gasteiger partial charge in [0.05, 0.1) is 6.61 Å². The fourth-order valence-corrected chi connectivity index (χ4v) is 1.18. The summed E-state index contributed by atoms with van der Waals surface area (Å²) >= 11 is 0. The standard InChI is InChI=1S/C8H11F2NO3/c9-7(10)5-14-4-3-11-2-1-6(12)8(11)13/h7H,1-5H2. The van der Waals surface area contributed by atoms with Crippen LogP contribution < -0.4 is 0 Å². The lowest BCUT2D eigenvalue weighted by Crippen LogP contribution is -2.31. The lowest BCUT2D eigenvalue weighted by molar-refractivity contribution is -0.140. The molecule has 0 aromatic heterocycles. The van der Waals surface area contributed by atoms with Crippen LogP contribution in [-0.2, 0) is 14.3 Å². The minimum atomic E-state index is -2.49. The third kappa shape index (κ3) is 3.02. The first kappa shape index (κ1) is 11.0. The van der Waals surface area contributed by atoms with E-state index in [-0.39, 0.29) is 19.6 Å². The number of hydrogen-bond acceptors (Lipinski definition) is 3. The molecule has 0 unspecified atom stereocenters. The van der Waals surface area contributed by atoms with Crippen LogP contribution in [0.2, 0.25) is 0 Å². The number of hydrogen-bond donors (Lipinski definition) is 0. The highest BCUT2D eigenvalue weighted by Crippen LogP contribution is 2.05. The van der Waals surface area contributed by atoms with Gasteiger partial charge in [-0.2, -0.15) is 0 Å². The number of alkyl halides is 2. The molecule has 1 aliphatic heterocycles. The van der Waals surface area contributed by atoms with Crippen molar-refractivity contribution in [2.75, 3.05) is 26.3 Å². The zero-order valence-corrected chi connectivity index (χ0v) is 7.54. The normalized spacial score (nSPS) is 17.2. The van der Waals surface area contributed by atoms with E-state index in [1.807, 2.05) is 0 Å². The molecular weight excluding hydrogens is 196 g/mol. The van der Waals surface area contributed by atoms with Crippen LogP contribution in [0.4, 0.5) is 8.78 Å². The van der Waals surface area contributed by atoms with Crippen molar-refractivity contribution in [3.63, 3.8) is 0 Å². The maximum absolute atomic E-state index is 11.6. The van der Waals surface area contributed by atoms with Gasteiger partial charge in [0.25, 0.3) is 12.3 Å². The highest BCUT2D eigenvalue weighted by molar-refractivity contribution is 6.37. The van der Waals surface area contributed by atoms with E-state index in [2.05, 4.69) is 4.74 Å². The van der Waals surface area contributed by atoms with E-state index in [1.54, 1.807) is 0 Å². The molecule has 0 spiro atoms. The molecule has 0 aliphatic carbocycles. The van der Waals surface area contributed by atoms with Crippen molar-refractivity contribution in [1.82, 2.24) is 4.90 Å². The fraction of sp³-hybridized carbons (Fsp3) is 0.750. The van der Waals surface area contributed by atoms with Crippen LogP contribution in [0.15, 0.2) is 0 Å². The maximum atomic E-state index is 11.6. The highest BCUT2D eigenvalue weighted by Gasteiger charge is 2.28. The second kappa shape index (κ2) is 4.99. The number of Topliss-reactive ketones (excluding diaryl/α,β-unsaturated/α-hetero) is 1. The van der Waals surface area contributed by atoms with Crippen LogP contribution in [0, 0.1) is 0 Å². The van der Waals surface area contributed by atoms with Crippen molar-refractivity contribution in [3.8, 4) is 0 Å². The van der Waals surface area contributed by atoms with Crippen molar-refractivity contribution in [1.29, 1.82) is 0 Å². The summed E-state index contributed by atoms with van der Waals surface area (Å²) in [4.78, 5) is 23.1. The van der Waals surface area contributed by atoms with Gasteiger partial charge in [0, 0.05) is 19.5 Å². The van der Waals surface area contributed by atoms with Crippen molar-refractivity contribution < 1.29 is 23.1 Å². The molecule has 14 heavy (non-hydrogen) atoms. The fourth-order valence-electron chi connectivity index (χ4n) is 1.18. The van der Waals surface area contributed by atoms with Crippen LogP contribution >= 0.6 is 0 Å². The molecule has 0 atom stereocenters. The first-order valence-corrected chi connectivity index (χ1v) is 4.29. The molecule has 4 nitrogen and oxygen atoms in total. The molecule has 1 aliphatic rings. The third-order valence-corrected chi connectivity index (χ3v) is 1.88. The summed E-state index contributed by atoms with van der Waals surface area (Å²) in [6.07, 6.45) is -2.28. The molecule has 1 heterocycles. The Bertz CT molecular complexity index is 233. The molecule has 0 N–H and O–H groups in total. The smallest absolute Gasteiger partial charge is 0.290 e. The lowest BCUT2D eigenvalue weighted by atomic mass is 10.3. The molecule has 0 aromatic rings. The Labute approximate surface area is 79.8 Å². The van der Waals surface area contributed by atoms with E-state index >= 15 is 0 Å². The Morgan fingerprint density at radius 2 is 2.14 bits per heavy atom. The summed E-state index contributed by atoms with van der Waals surface area (Å²) in [6, 6.07) is 0. The molecule has 1 amide bonds. The van der Waals surface area contributed by atoms with E-state index < -0.39 is 24.7 Å². The van der Waals surface area contributed by atoms with Crippen LogP contribution in [0.3, 0.4) is 0 Å². The van der Waals surface area contributed by atoms with Gasteiger partial charge in [-0.1, -0.05) is 0 Å². The molecule has 80 valence electrons. The number of carbonyl (C=O) groups excluding carboxylic acids is 2. The zero-order chi connectivity index (χ0) is 10.6. The van der Waals surface area contributed by atoms with Gasteiger partial charge in [-0.15, -0.1) is 0 Å². The molecule has 0 saturated carbocycles. The average molecular weight is 207 g/mol. The van der Waals surface area contributed by atoms with Crippen LogP contribution in [-0.4, -0.2) is 49.3 Å². The predicted molar refractivity (Wildman–Crippen MR) is 43.0 cm³/mol. The second-order valence-corrected chi connectivity index (χ2v) is 2.93. The van der Waals surface area contributed by atoms with Gasteiger partial charge in [-0.3, -0.25) is 9.59 Å². The number of ketones is 1. The third-order valence-electron chi connectivity index (χ3n) is 1.88. The zero-order valence-electron chi connectivity index (χ0n) is 7.54. The van der Waals surface area contributed by atoms with Crippen LogP contribution in [0.25, 0.3) is 0 Å². The first-order chi connectivity index (χ1) is 6.61. The maximum Gasteiger partial charge on any atom is 0.290 e. The summed E-state index contributed by atoms with van der Waals surface area (Å²) in [5.74, 6) is -0.954. The molecular formula is C8H11F2NO3. The summed E-state index contributed by atoms with van der Waals surface area (Å²) in [6.45, 7) is -0.00760. The number of amides is 1. The van der Waals surface area contributed by atoms with Gasteiger partial charge in [0.15, 0.2) is 0 Å². The molecule has 6 heteroatoms. The van der Waals surface area contributed by atoms with Crippen molar-refractivity contribution in [2.24, 2.45) is 0 Å². The number of nitrogens with zero attached hydrogens (tertiary/aromatic N) is 1. The molecule has 0 radical (unpaired) electrons. The van der Waals surface area contributed by atoms with Gasteiger partial charge in [0.2, 0.25) is 5.78 Å². The van der Waals surface area contributed by atoms with Crippen molar-refractivity contribution >= 4 is 11.7 Å². The summed E-state index contributed by atoms with van der Waals surface area (Å²) in [5.41, 5.74) is 0. The molecule has 1 rings (SSSR count). The van der Waals surface area contributed by atoms with Crippen LogP contribution in [0.1, 0.15) is 6.42 Å². The van der Waals surface area contributed by atoms with Crippen molar-refractivity contribution in [2.45, 2.75) is 12.8 Å². The number of ether oxygens (including phenoxy) is 1. The predicted octanol–water partition coefficient (Wildman–Crippen LogP) is 0.0695. The largest absolute Gasteiger partial charge is 0.374 e.